The van der Waals surface area contributed by atoms with Gasteiger partial charge in [-0.1, -0.05) is 6.58 Å². The Morgan fingerprint density at radius 2 is 2.30 bits per heavy atom. The molecule has 126 valence electrons. The van der Waals surface area contributed by atoms with E-state index in [0.717, 1.165) is 0 Å². The van der Waals surface area contributed by atoms with Gasteiger partial charge in [0.25, 0.3) is 5.91 Å². The number of carbonyl (C=O) groups is 2. The van der Waals surface area contributed by atoms with E-state index < -0.39 is 5.91 Å². The Bertz CT molecular complexity index is 630. The second kappa shape index (κ2) is 7.14. The van der Waals surface area contributed by atoms with E-state index in [1.165, 1.54) is 6.08 Å². The predicted octanol–water partition coefficient (Wildman–Crippen LogP) is 0.761. The minimum atomic E-state index is -0.571. The molecular weight excluding hydrogens is 366 g/mol. The van der Waals surface area contributed by atoms with Crippen molar-refractivity contribution in [3.05, 3.63) is 22.8 Å². The lowest BCUT2D eigenvalue weighted by atomic mass is 10.2. The zero-order valence-electron chi connectivity index (χ0n) is 13.1. The zero-order chi connectivity index (χ0) is 17.1. The molecule has 0 saturated carbocycles. The quantitative estimate of drug-likeness (QED) is 0.703. The molecule has 2 rings (SSSR count). The van der Waals surface area contributed by atoms with Crippen LogP contribution < -0.4 is 11.1 Å². The highest BCUT2D eigenvalue weighted by Gasteiger charge is 2.37. The molecule has 8 nitrogen and oxygen atoms in total. The second-order valence-corrected chi connectivity index (χ2v) is 6.02. The number of methoxy groups -OCH3 is 1. The van der Waals surface area contributed by atoms with Crippen LogP contribution in [0.1, 0.15) is 22.8 Å². The normalized spacial score (nSPS) is 20.6. The maximum Gasteiger partial charge on any atom is 0.255 e. The van der Waals surface area contributed by atoms with Gasteiger partial charge in [-0.2, -0.15) is 5.10 Å². The summed E-state index contributed by atoms with van der Waals surface area (Å²) in [5, 5.41) is 7.33. The third-order valence-electron chi connectivity index (χ3n) is 3.91. The molecule has 2 atom stereocenters. The Hall–Kier alpha value is -1.87. The second-order valence-electron chi connectivity index (χ2n) is 5.27. The fourth-order valence-corrected chi connectivity index (χ4v) is 3.49. The number of aromatic nitrogens is 2. The molecule has 1 aliphatic rings. The van der Waals surface area contributed by atoms with E-state index in [1.54, 1.807) is 23.7 Å². The minimum Gasteiger partial charge on any atom is -0.383 e. The van der Waals surface area contributed by atoms with E-state index in [0.29, 0.717) is 35.6 Å². The van der Waals surface area contributed by atoms with Gasteiger partial charge in [0.15, 0.2) is 0 Å². The lowest BCUT2D eigenvalue weighted by molar-refractivity contribution is -0.127. The van der Waals surface area contributed by atoms with Gasteiger partial charge in [-0.25, -0.2) is 4.68 Å². The van der Waals surface area contributed by atoms with E-state index in [2.05, 4.69) is 32.9 Å². The molecule has 0 aromatic carbocycles. The average molecular weight is 386 g/mol. The molecule has 2 amide bonds. The SMILES string of the molecule is C=CC(=O)N1C[C@@H](n2nc(Br)c(C(N)=O)c2NC)C[C@@H]1COC. The fraction of sp³-hybridized carbons (Fsp3) is 0.500. The molecular formula is C14H20BrN5O3. The first-order chi connectivity index (χ1) is 10.9. The monoisotopic (exact) mass is 385 g/mol. The van der Waals surface area contributed by atoms with E-state index in [1.807, 2.05) is 0 Å². The maximum atomic E-state index is 12.0. The highest BCUT2D eigenvalue weighted by molar-refractivity contribution is 9.10. The molecule has 0 aliphatic carbocycles. The molecule has 0 spiro atoms. The van der Waals surface area contributed by atoms with Crippen LogP contribution >= 0.6 is 15.9 Å². The number of hydrogen-bond acceptors (Lipinski definition) is 5. The molecule has 1 aromatic rings. The third kappa shape index (κ3) is 3.25. The standard InChI is InChI=1S/C14H20BrN5O3/c1-4-10(21)19-6-8(5-9(19)7-23-3)20-14(17-2)11(13(16)22)12(15)18-20/h4,8-9,17H,1,5-7H2,2-3H3,(H2,16,22)/t8-,9+/m0/s1. The van der Waals surface area contributed by atoms with Crippen molar-refractivity contribution < 1.29 is 14.3 Å². The van der Waals surface area contributed by atoms with E-state index in [9.17, 15) is 9.59 Å². The topological polar surface area (TPSA) is 102 Å². The molecule has 1 aromatic heterocycles. The average Bonchev–Trinajstić information content (AvgIpc) is 3.07. The van der Waals surface area contributed by atoms with Gasteiger partial charge in [-0.05, 0) is 28.4 Å². The number of nitrogens with one attached hydrogen (secondary N) is 1. The number of carbonyl (C=O) groups excluding carboxylic acids is 2. The van der Waals surface area contributed by atoms with Crippen LogP contribution in [0.15, 0.2) is 17.3 Å². The summed E-state index contributed by atoms with van der Waals surface area (Å²) in [7, 11) is 3.29. The lowest BCUT2D eigenvalue weighted by Gasteiger charge is -2.22. The number of hydrogen-bond donors (Lipinski definition) is 2. The Balaban J connectivity index is 2.36. The number of halogens is 1. The Kier molecular flexibility index (Phi) is 5.42. The molecule has 1 aliphatic heterocycles. The molecule has 3 N–H and O–H groups in total. The van der Waals surface area contributed by atoms with Gasteiger partial charge in [-0.15, -0.1) is 0 Å². The van der Waals surface area contributed by atoms with Crippen molar-refractivity contribution in [2.75, 3.05) is 32.6 Å². The number of rotatable bonds is 6. The Morgan fingerprint density at radius 3 is 2.83 bits per heavy atom. The van der Waals surface area contributed by atoms with Gasteiger partial charge in [0.2, 0.25) is 5.91 Å². The Morgan fingerprint density at radius 1 is 1.61 bits per heavy atom. The van der Waals surface area contributed by atoms with Crippen LogP contribution in [0.4, 0.5) is 5.82 Å². The number of ether oxygens (including phenoxy) is 1. The predicted molar refractivity (Wildman–Crippen MR) is 89.2 cm³/mol. The number of primary amides is 1. The molecule has 0 bridgehead atoms. The zero-order valence-corrected chi connectivity index (χ0v) is 14.7. The lowest BCUT2D eigenvalue weighted by Crippen LogP contribution is -2.37. The molecule has 0 unspecified atom stereocenters. The first kappa shape index (κ1) is 17.5. The van der Waals surface area contributed by atoms with Crippen LogP contribution in [-0.2, 0) is 9.53 Å². The van der Waals surface area contributed by atoms with Crippen LogP contribution in [0.2, 0.25) is 0 Å². The van der Waals surface area contributed by atoms with Crippen LogP contribution in [-0.4, -0.2) is 59.8 Å². The molecule has 1 fully saturated rings. The summed E-state index contributed by atoms with van der Waals surface area (Å²) in [5.74, 6) is -0.196. The van der Waals surface area contributed by atoms with Crippen molar-refractivity contribution in [2.45, 2.75) is 18.5 Å². The van der Waals surface area contributed by atoms with Gasteiger partial charge >= 0.3 is 0 Å². The van der Waals surface area contributed by atoms with Crippen molar-refractivity contribution in [3.8, 4) is 0 Å². The number of likely N-dealkylation sites (tertiary alicyclic amines) is 1. The summed E-state index contributed by atoms with van der Waals surface area (Å²) in [6.07, 6.45) is 1.95. The Labute approximate surface area is 142 Å². The number of anilines is 1. The van der Waals surface area contributed by atoms with E-state index in [4.69, 9.17) is 10.5 Å². The summed E-state index contributed by atoms with van der Waals surface area (Å²) < 4.78 is 7.28. The summed E-state index contributed by atoms with van der Waals surface area (Å²) in [4.78, 5) is 25.4. The molecule has 23 heavy (non-hydrogen) atoms. The fourth-order valence-electron chi connectivity index (χ4n) is 2.94. The first-order valence-electron chi connectivity index (χ1n) is 7.12. The summed E-state index contributed by atoms with van der Waals surface area (Å²) in [6, 6.07) is -0.161. The first-order valence-corrected chi connectivity index (χ1v) is 7.91. The van der Waals surface area contributed by atoms with Crippen molar-refractivity contribution in [3.63, 3.8) is 0 Å². The number of nitrogens with two attached hydrogens (primary N) is 1. The highest BCUT2D eigenvalue weighted by atomic mass is 79.9. The van der Waals surface area contributed by atoms with Crippen molar-refractivity contribution in [1.82, 2.24) is 14.7 Å². The van der Waals surface area contributed by atoms with Crippen LogP contribution in [0, 0.1) is 0 Å². The van der Waals surface area contributed by atoms with Crippen LogP contribution in [0.3, 0.4) is 0 Å². The summed E-state index contributed by atoms with van der Waals surface area (Å²) in [6.45, 7) is 4.42. The number of amides is 2. The highest BCUT2D eigenvalue weighted by Crippen LogP contribution is 2.33. The number of nitrogens with zero attached hydrogens (tertiary/aromatic N) is 3. The smallest absolute Gasteiger partial charge is 0.255 e. The van der Waals surface area contributed by atoms with Gasteiger partial charge in [0, 0.05) is 20.7 Å². The van der Waals surface area contributed by atoms with Crippen LogP contribution in [0.25, 0.3) is 0 Å². The van der Waals surface area contributed by atoms with E-state index in [-0.39, 0.29) is 18.0 Å². The summed E-state index contributed by atoms with van der Waals surface area (Å²) in [5.41, 5.74) is 5.71. The van der Waals surface area contributed by atoms with Crippen molar-refractivity contribution in [2.24, 2.45) is 5.73 Å². The van der Waals surface area contributed by atoms with Gasteiger partial charge in [0.05, 0.1) is 18.7 Å². The molecule has 9 heteroatoms. The van der Waals surface area contributed by atoms with Crippen molar-refractivity contribution >= 4 is 33.6 Å². The van der Waals surface area contributed by atoms with Gasteiger partial charge in [0.1, 0.15) is 16.0 Å². The largest absolute Gasteiger partial charge is 0.383 e. The maximum absolute atomic E-state index is 12.0. The summed E-state index contributed by atoms with van der Waals surface area (Å²) >= 11 is 3.27. The van der Waals surface area contributed by atoms with E-state index >= 15 is 0 Å². The van der Waals surface area contributed by atoms with Crippen molar-refractivity contribution in [1.29, 1.82) is 0 Å². The minimum absolute atomic E-state index is 0.0693. The molecule has 2 heterocycles. The molecule has 1 saturated heterocycles. The third-order valence-corrected chi connectivity index (χ3v) is 4.46. The van der Waals surface area contributed by atoms with Gasteiger partial charge < -0.3 is 20.7 Å². The van der Waals surface area contributed by atoms with Gasteiger partial charge in [-0.3, -0.25) is 9.59 Å². The molecule has 0 radical (unpaired) electrons. The van der Waals surface area contributed by atoms with Crippen LogP contribution in [0.5, 0.6) is 0 Å².